The van der Waals surface area contributed by atoms with Gasteiger partial charge >= 0.3 is 0 Å². The first-order valence-electron chi connectivity index (χ1n) is 7.03. The molecule has 0 radical (unpaired) electrons. The van der Waals surface area contributed by atoms with Crippen LogP contribution < -0.4 is 5.32 Å². The van der Waals surface area contributed by atoms with E-state index in [1.807, 2.05) is 0 Å². The second-order valence-corrected chi connectivity index (χ2v) is 4.71. The number of nitrogens with zero attached hydrogens (tertiary/aromatic N) is 2. The summed E-state index contributed by atoms with van der Waals surface area (Å²) in [5, 5.41) is 2.99. The standard InChI is InChI=1S/C16H16FN3O2/c1-2-3-9-18-16-19-10-8-13(20-16)15(22)14(21)11-4-6-12(17)7-5-11/h4-8,10H,2-3,9H2,1H3,(H,18,19,20). The highest BCUT2D eigenvalue weighted by molar-refractivity contribution is 6.48. The molecule has 1 N–H and O–H groups in total. The summed E-state index contributed by atoms with van der Waals surface area (Å²) in [6.07, 6.45) is 3.40. The number of ketones is 2. The van der Waals surface area contributed by atoms with Gasteiger partial charge in [-0.05, 0) is 36.8 Å². The molecule has 0 bridgehead atoms. The molecule has 0 aliphatic carbocycles. The summed E-state index contributed by atoms with van der Waals surface area (Å²) in [5.41, 5.74) is 0.147. The smallest absolute Gasteiger partial charge is 0.252 e. The van der Waals surface area contributed by atoms with Gasteiger partial charge in [-0.3, -0.25) is 9.59 Å². The Hall–Kier alpha value is -2.63. The molecule has 2 aromatic rings. The predicted molar refractivity (Wildman–Crippen MR) is 80.5 cm³/mol. The number of aromatic nitrogens is 2. The third kappa shape index (κ3) is 3.94. The number of rotatable bonds is 7. The Labute approximate surface area is 127 Å². The van der Waals surface area contributed by atoms with Crippen LogP contribution in [0, 0.1) is 5.82 Å². The fourth-order valence-electron chi connectivity index (χ4n) is 1.80. The van der Waals surface area contributed by atoms with Gasteiger partial charge in [-0.1, -0.05) is 13.3 Å². The van der Waals surface area contributed by atoms with Crippen LogP contribution in [-0.4, -0.2) is 28.1 Å². The number of hydrogen-bond acceptors (Lipinski definition) is 5. The second-order valence-electron chi connectivity index (χ2n) is 4.71. The van der Waals surface area contributed by atoms with Gasteiger partial charge in [-0.25, -0.2) is 14.4 Å². The number of unbranched alkanes of at least 4 members (excludes halogenated alkanes) is 1. The number of nitrogens with one attached hydrogen (secondary N) is 1. The van der Waals surface area contributed by atoms with E-state index in [1.54, 1.807) is 0 Å². The summed E-state index contributed by atoms with van der Waals surface area (Å²) < 4.78 is 12.8. The number of anilines is 1. The fourth-order valence-corrected chi connectivity index (χ4v) is 1.80. The fraction of sp³-hybridized carbons (Fsp3) is 0.250. The molecule has 114 valence electrons. The van der Waals surface area contributed by atoms with Crippen molar-refractivity contribution in [3.8, 4) is 0 Å². The van der Waals surface area contributed by atoms with Gasteiger partial charge in [-0.15, -0.1) is 0 Å². The molecule has 0 aliphatic rings. The van der Waals surface area contributed by atoms with Crippen molar-refractivity contribution < 1.29 is 14.0 Å². The van der Waals surface area contributed by atoms with Crippen molar-refractivity contribution in [2.45, 2.75) is 19.8 Å². The van der Waals surface area contributed by atoms with Crippen LogP contribution in [0.4, 0.5) is 10.3 Å². The molecule has 0 saturated carbocycles. The minimum absolute atomic E-state index is 0.0170. The Bertz CT molecular complexity index is 671. The van der Waals surface area contributed by atoms with Crippen molar-refractivity contribution in [2.75, 3.05) is 11.9 Å². The lowest BCUT2D eigenvalue weighted by molar-refractivity contribution is 0.0814. The average Bonchev–Trinajstić information content (AvgIpc) is 2.55. The van der Waals surface area contributed by atoms with Crippen molar-refractivity contribution >= 4 is 17.5 Å². The lowest BCUT2D eigenvalue weighted by Gasteiger charge is -2.05. The van der Waals surface area contributed by atoms with Crippen molar-refractivity contribution in [1.29, 1.82) is 0 Å². The Morgan fingerprint density at radius 1 is 1.14 bits per heavy atom. The molecular weight excluding hydrogens is 285 g/mol. The summed E-state index contributed by atoms with van der Waals surface area (Å²) >= 11 is 0. The van der Waals surface area contributed by atoms with Gasteiger partial charge in [0.05, 0.1) is 0 Å². The molecule has 0 aliphatic heterocycles. The van der Waals surface area contributed by atoms with Gasteiger partial charge in [0.1, 0.15) is 11.5 Å². The van der Waals surface area contributed by atoms with Gasteiger partial charge in [0, 0.05) is 18.3 Å². The van der Waals surface area contributed by atoms with Crippen LogP contribution in [0.25, 0.3) is 0 Å². The number of carbonyl (C=O) groups is 2. The van der Waals surface area contributed by atoms with Gasteiger partial charge in [0.2, 0.25) is 11.7 Å². The highest BCUT2D eigenvalue weighted by Gasteiger charge is 2.20. The van der Waals surface area contributed by atoms with E-state index in [4.69, 9.17) is 0 Å². The minimum Gasteiger partial charge on any atom is -0.354 e. The van der Waals surface area contributed by atoms with Crippen LogP contribution in [0.5, 0.6) is 0 Å². The molecule has 22 heavy (non-hydrogen) atoms. The van der Waals surface area contributed by atoms with Crippen LogP contribution in [0.3, 0.4) is 0 Å². The lowest BCUT2D eigenvalue weighted by atomic mass is 10.1. The number of benzene rings is 1. The van der Waals surface area contributed by atoms with Crippen molar-refractivity contribution in [2.24, 2.45) is 0 Å². The monoisotopic (exact) mass is 301 g/mol. The van der Waals surface area contributed by atoms with E-state index in [2.05, 4.69) is 22.2 Å². The van der Waals surface area contributed by atoms with Crippen LogP contribution in [0.15, 0.2) is 36.5 Å². The molecule has 0 spiro atoms. The summed E-state index contributed by atoms with van der Waals surface area (Å²) in [6, 6.07) is 6.21. The highest BCUT2D eigenvalue weighted by Crippen LogP contribution is 2.09. The van der Waals surface area contributed by atoms with Crippen molar-refractivity contribution in [3.63, 3.8) is 0 Å². The zero-order valence-corrected chi connectivity index (χ0v) is 12.2. The molecule has 1 aromatic carbocycles. The van der Waals surface area contributed by atoms with E-state index < -0.39 is 17.4 Å². The van der Waals surface area contributed by atoms with Gasteiger partial charge in [0.25, 0.3) is 5.78 Å². The third-order valence-electron chi connectivity index (χ3n) is 3.01. The normalized spacial score (nSPS) is 10.3. The zero-order valence-electron chi connectivity index (χ0n) is 12.2. The van der Waals surface area contributed by atoms with Gasteiger partial charge in [-0.2, -0.15) is 0 Å². The van der Waals surface area contributed by atoms with Gasteiger partial charge in [0.15, 0.2) is 0 Å². The van der Waals surface area contributed by atoms with Crippen LogP contribution in [-0.2, 0) is 0 Å². The largest absolute Gasteiger partial charge is 0.354 e. The Morgan fingerprint density at radius 2 is 1.86 bits per heavy atom. The summed E-state index contributed by atoms with van der Waals surface area (Å²) in [5.74, 6) is -1.62. The van der Waals surface area contributed by atoms with E-state index in [1.165, 1.54) is 24.4 Å². The van der Waals surface area contributed by atoms with Crippen LogP contribution in [0.1, 0.15) is 40.6 Å². The summed E-state index contributed by atoms with van der Waals surface area (Å²) in [6.45, 7) is 2.75. The van der Waals surface area contributed by atoms with E-state index in [0.717, 1.165) is 25.0 Å². The maximum atomic E-state index is 12.8. The zero-order chi connectivity index (χ0) is 15.9. The topological polar surface area (TPSA) is 72.0 Å². The van der Waals surface area contributed by atoms with Gasteiger partial charge < -0.3 is 5.32 Å². The average molecular weight is 301 g/mol. The number of hydrogen-bond donors (Lipinski definition) is 1. The van der Waals surface area contributed by atoms with E-state index >= 15 is 0 Å². The molecule has 0 atom stereocenters. The minimum atomic E-state index is -0.743. The molecule has 0 amide bonds. The van der Waals surface area contributed by atoms with E-state index in [9.17, 15) is 14.0 Å². The molecule has 1 heterocycles. The SMILES string of the molecule is CCCCNc1nccc(C(=O)C(=O)c2ccc(F)cc2)n1. The first kappa shape index (κ1) is 15.8. The molecule has 5 nitrogen and oxygen atoms in total. The molecule has 1 aromatic heterocycles. The lowest BCUT2D eigenvalue weighted by Crippen LogP contribution is -2.17. The molecular formula is C16H16FN3O2. The maximum absolute atomic E-state index is 12.8. The highest BCUT2D eigenvalue weighted by atomic mass is 19.1. The number of carbonyl (C=O) groups excluding carboxylic acids is 2. The first-order chi connectivity index (χ1) is 10.6. The molecule has 0 unspecified atom stereocenters. The Balaban J connectivity index is 2.13. The Morgan fingerprint density at radius 3 is 2.55 bits per heavy atom. The molecule has 0 fully saturated rings. The van der Waals surface area contributed by atoms with Crippen molar-refractivity contribution in [3.05, 3.63) is 53.6 Å². The van der Waals surface area contributed by atoms with Crippen LogP contribution in [0.2, 0.25) is 0 Å². The first-order valence-corrected chi connectivity index (χ1v) is 7.03. The summed E-state index contributed by atoms with van der Waals surface area (Å²) in [7, 11) is 0. The second kappa shape index (κ2) is 7.40. The maximum Gasteiger partial charge on any atom is 0.252 e. The number of halogens is 1. The quantitative estimate of drug-likeness (QED) is 0.483. The predicted octanol–water partition coefficient (Wildman–Crippen LogP) is 2.89. The molecule has 0 saturated heterocycles. The summed E-state index contributed by atoms with van der Waals surface area (Å²) in [4.78, 5) is 32.3. The van der Waals surface area contributed by atoms with E-state index in [0.29, 0.717) is 12.5 Å². The van der Waals surface area contributed by atoms with Crippen LogP contribution >= 0.6 is 0 Å². The Kier molecular flexibility index (Phi) is 5.30. The molecule has 2 rings (SSSR count). The molecule has 6 heteroatoms. The number of Topliss-reactive ketones (excluding diaryl/α,β-unsaturated/α-hetero) is 2. The van der Waals surface area contributed by atoms with E-state index in [-0.39, 0.29) is 11.3 Å². The van der Waals surface area contributed by atoms with Crippen molar-refractivity contribution in [1.82, 2.24) is 9.97 Å². The third-order valence-corrected chi connectivity index (χ3v) is 3.01.